The summed E-state index contributed by atoms with van der Waals surface area (Å²) in [4.78, 5) is 22.4. The van der Waals surface area contributed by atoms with Gasteiger partial charge in [-0.15, -0.1) is 0 Å². The van der Waals surface area contributed by atoms with E-state index in [4.69, 9.17) is 11.6 Å². The number of nitrogens with zero attached hydrogens (tertiary/aromatic N) is 1. The van der Waals surface area contributed by atoms with E-state index >= 15 is 0 Å². The zero-order valence-corrected chi connectivity index (χ0v) is 12.8. The first-order chi connectivity index (χ1) is 10.5. The Kier molecular flexibility index (Phi) is 5.12. The lowest BCUT2D eigenvalue weighted by molar-refractivity contribution is -0.385. The van der Waals surface area contributed by atoms with Gasteiger partial charge in [-0.2, -0.15) is 0 Å². The van der Waals surface area contributed by atoms with Crippen molar-refractivity contribution in [2.45, 2.75) is 19.8 Å². The molecule has 1 N–H and O–H groups in total. The molecule has 0 unspecified atom stereocenters. The molecule has 0 bridgehead atoms. The minimum absolute atomic E-state index is 0.0103. The summed E-state index contributed by atoms with van der Waals surface area (Å²) in [5, 5.41) is 14.2. The Hall–Kier alpha value is -2.40. The van der Waals surface area contributed by atoms with E-state index in [0.717, 1.165) is 5.56 Å². The van der Waals surface area contributed by atoms with Gasteiger partial charge in [0.15, 0.2) is 0 Å². The van der Waals surface area contributed by atoms with Crippen LogP contribution >= 0.6 is 11.6 Å². The van der Waals surface area contributed by atoms with Crippen molar-refractivity contribution in [1.82, 2.24) is 0 Å². The Bertz CT molecular complexity index is 716. The van der Waals surface area contributed by atoms with Gasteiger partial charge in [0, 0.05) is 28.8 Å². The summed E-state index contributed by atoms with van der Waals surface area (Å²) in [5.41, 5.74) is 1.86. The summed E-state index contributed by atoms with van der Waals surface area (Å²) in [6, 6.07) is 12.0. The predicted octanol–water partition coefficient (Wildman–Crippen LogP) is 4.13. The molecule has 0 aliphatic rings. The fraction of sp³-hybridized carbons (Fsp3) is 0.188. The molecule has 0 aliphatic heterocycles. The van der Waals surface area contributed by atoms with Crippen LogP contribution in [-0.4, -0.2) is 10.8 Å². The van der Waals surface area contributed by atoms with E-state index in [1.54, 1.807) is 25.1 Å². The van der Waals surface area contributed by atoms with Crippen LogP contribution < -0.4 is 5.32 Å². The fourth-order valence-corrected chi connectivity index (χ4v) is 2.29. The van der Waals surface area contributed by atoms with E-state index in [1.807, 2.05) is 18.2 Å². The molecule has 0 fully saturated rings. The Morgan fingerprint density at radius 3 is 2.68 bits per heavy atom. The first kappa shape index (κ1) is 16.0. The summed E-state index contributed by atoms with van der Waals surface area (Å²) in [5.74, 6) is -0.210. The average molecular weight is 319 g/mol. The third-order valence-corrected chi connectivity index (χ3v) is 3.64. The lowest BCUT2D eigenvalue weighted by Crippen LogP contribution is -2.12. The van der Waals surface area contributed by atoms with Crippen LogP contribution in [0.15, 0.2) is 42.5 Å². The highest BCUT2D eigenvalue weighted by Crippen LogP contribution is 2.22. The van der Waals surface area contributed by atoms with Crippen molar-refractivity contribution in [1.29, 1.82) is 0 Å². The van der Waals surface area contributed by atoms with Crippen molar-refractivity contribution < 1.29 is 9.72 Å². The van der Waals surface area contributed by atoms with E-state index in [0.29, 0.717) is 22.7 Å². The van der Waals surface area contributed by atoms with Crippen molar-refractivity contribution in [3.8, 4) is 0 Å². The molecule has 0 saturated heterocycles. The number of carbonyl (C=O) groups excluding carboxylic acids is 1. The zero-order chi connectivity index (χ0) is 16.1. The highest BCUT2D eigenvalue weighted by Gasteiger charge is 2.12. The molecule has 6 heteroatoms. The van der Waals surface area contributed by atoms with Crippen molar-refractivity contribution in [2.75, 3.05) is 5.32 Å². The average Bonchev–Trinajstić information content (AvgIpc) is 2.48. The molecule has 22 heavy (non-hydrogen) atoms. The summed E-state index contributed by atoms with van der Waals surface area (Å²) < 4.78 is 0. The number of nitro groups is 1. The molecule has 1 amide bonds. The number of amides is 1. The normalized spacial score (nSPS) is 10.3. The molecule has 114 valence electrons. The number of halogens is 1. The van der Waals surface area contributed by atoms with Gasteiger partial charge in [-0.3, -0.25) is 14.9 Å². The van der Waals surface area contributed by atoms with Gasteiger partial charge in [-0.25, -0.2) is 0 Å². The Labute approximate surface area is 133 Å². The number of hydrogen-bond donors (Lipinski definition) is 1. The third kappa shape index (κ3) is 4.05. The second-order valence-corrected chi connectivity index (χ2v) is 5.31. The van der Waals surface area contributed by atoms with Crippen LogP contribution in [0, 0.1) is 17.0 Å². The Morgan fingerprint density at radius 2 is 2.00 bits per heavy atom. The number of nitrogens with one attached hydrogen (secondary N) is 1. The van der Waals surface area contributed by atoms with E-state index < -0.39 is 4.92 Å². The molecular formula is C16H15ClN2O3. The van der Waals surface area contributed by atoms with Gasteiger partial charge in [-0.05, 0) is 31.0 Å². The standard InChI is InChI=1S/C16H15ClN2O3/c1-11-6-8-13(10-15(11)19(21)22)18-16(20)9-7-12-4-2-3-5-14(12)17/h2-6,8,10H,7,9H2,1H3,(H,18,20). The first-order valence-corrected chi connectivity index (χ1v) is 7.13. The highest BCUT2D eigenvalue weighted by molar-refractivity contribution is 6.31. The minimum Gasteiger partial charge on any atom is -0.326 e. The van der Waals surface area contributed by atoms with Gasteiger partial charge in [0.25, 0.3) is 5.69 Å². The Morgan fingerprint density at radius 1 is 1.27 bits per heavy atom. The molecule has 2 rings (SSSR count). The van der Waals surface area contributed by atoms with Crippen LogP contribution in [0.2, 0.25) is 5.02 Å². The largest absolute Gasteiger partial charge is 0.326 e. The lowest BCUT2D eigenvalue weighted by Gasteiger charge is -2.07. The van der Waals surface area contributed by atoms with Gasteiger partial charge >= 0.3 is 0 Å². The van der Waals surface area contributed by atoms with Crippen molar-refractivity contribution >= 4 is 28.9 Å². The van der Waals surface area contributed by atoms with Gasteiger partial charge in [0.05, 0.1) is 4.92 Å². The van der Waals surface area contributed by atoms with Gasteiger partial charge in [-0.1, -0.05) is 35.9 Å². The summed E-state index contributed by atoms with van der Waals surface area (Å²) in [6.45, 7) is 1.65. The molecular weight excluding hydrogens is 304 g/mol. The number of hydrogen-bond acceptors (Lipinski definition) is 3. The second kappa shape index (κ2) is 7.04. The molecule has 2 aromatic rings. The number of anilines is 1. The number of benzene rings is 2. The van der Waals surface area contributed by atoms with E-state index in [9.17, 15) is 14.9 Å². The fourth-order valence-electron chi connectivity index (χ4n) is 2.06. The number of aryl methyl sites for hydroxylation is 2. The second-order valence-electron chi connectivity index (χ2n) is 4.90. The molecule has 0 spiro atoms. The first-order valence-electron chi connectivity index (χ1n) is 6.75. The third-order valence-electron chi connectivity index (χ3n) is 3.27. The molecule has 5 nitrogen and oxygen atoms in total. The van der Waals surface area contributed by atoms with Gasteiger partial charge in [0.1, 0.15) is 0 Å². The van der Waals surface area contributed by atoms with Crippen LogP contribution in [0.5, 0.6) is 0 Å². The molecule has 0 aliphatic carbocycles. The quantitative estimate of drug-likeness (QED) is 0.665. The molecule has 0 heterocycles. The van der Waals surface area contributed by atoms with Crippen LogP contribution in [0.4, 0.5) is 11.4 Å². The van der Waals surface area contributed by atoms with Crippen LogP contribution in [0.25, 0.3) is 0 Å². The lowest BCUT2D eigenvalue weighted by atomic mass is 10.1. The maximum atomic E-state index is 11.9. The highest BCUT2D eigenvalue weighted by atomic mass is 35.5. The predicted molar refractivity (Wildman–Crippen MR) is 86.2 cm³/mol. The van der Waals surface area contributed by atoms with Crippen molar-refractivity contribution in [2.24, 2.45) is 0 Å². The number of rotatable bonds is 5. The maximum absolute atomic E-state index is 11.9. The summed E-state index contributed by atoms with van der Waals surface area (Å²) in [6.07, 6.45) is 0.769. The topological polar surface area (TPSA) is 72.2 Å². The van der Waals surface area contributed by atoms with Crippen molar-refractivity contribution in [3.63, 3.8) is 0 Å². The van der Waals surface area contributed by atoms with Gasteiger partial charge in [0.2, 0.25) is 5.91 Å². The smallest absolute Gasteiger partial charge is 0.274 e. The Balaban J connectivity index is 1.99. The number of nitro benzene ring substituents is 1. The maximum Gasteiger partial charge on any atom is 0.274 e. The number of carbonyl (C=O) groups is 1. The van der Waals surface area contributed by atoms with Crippen LogP contribution in [0.3, 0.4) is 0 Å². The van der Waals surface area contributed by atoms with Crippen LogP contribution in [0.1, 0.15) is 17.5 Å². The molecule has 0 atom stereocenters. The summed E-state index contributed by atoms with van der Waals surface area (Å²) in [7, 11) is 0. The molecule has 0 radical (unpaired) electrons. The SMILES string of the molecule is Cc1ccc(NC(=O)CCc2ccccc2Cl)cc1[N+](=O)[O-]. The van der Waals surface area contributed by atoms with E-state index in [-0.39, 0.29) is 18.0 Å². The zero-order valence-electron chi connectivity index (χ0n) is 12.0. The van der Waals surface area contributed by atoms with Gasteiger partial charge < -0.3 is 5.32 Å². The molecule has 2 aromatic carbocycles. The summed E-state index contributed by atoms with van der Waals surface area (Å²) >= 11 is 6.03. The van der Waals surface area contributed by atoms with E-state index in [1.165, 1.54) is 6.07 Å². The van der Waals surface area contributed by atoms with Crippen LogP contribution in [-0.2, 0) is 11.2 Å². The molecule has 0 saturated carbocycles. The minimum atomic E-state index is -0.464. The molecule has 0 aromatic heterocycles. The van der Waals surface area contributed by atoms with E-state index in [2.05, 4.69) is 5.32 Å². The van der Waals surface area contributed by atoms with Crippen molar-refractivity contribution in [3.05, 3.63) is 68.7 Å². The monoisotopic (exact) mass is 318 g/mol.